The minimum atomic E-state index is -0.754. The summed E-state index contributed by atoms with van der Waals surface area (Å²) >= 11 is 11.7. The summed E-state index contributed by atoms with van der Waals surface area (Å²) in [4.78, 5) is 12.0. The Labute approximate surface area is 142 Å². The maximum Gasteiger partial charge on any atom is 0.284 e. The van der Waals surface area contributed by atoms with Crippen LogP contribution in [-0.2, 0) is 4.79 Å². The van der Waals surface area contributed by atoms with Crippen LogP contribution < -0.4 is 14.9 Å². The van der Waals surface area contributed by atoms with Crippen molar-refractivity contribution in [1.82, 2.24) is 5.43 Å². The molecular formula is C16H12Cl2N2O3. The van der Waals surface area contributed by atoms with Crippen LogP contribution in [-0.4, -0.2) is 24.8 Å². The van der Waals surface area contributed by atoms with Crippen molar-refractivity contribution < 1.29 is 14.3 Å². The number of hydrogen-bond donors (Lipinski definition) is 1. The molecule has 7 heteroatoms. The number of fused-ring (bicyclic) bond motifs is 1. The van der Waals surface area contributed by atoms with Gasteiger partial charge in [0.2, 0.25) is 6.10 Å². The van der Waals surface area contributed by atoms with Crippen LogP contribution in [0.5, 0.6) is 11.5 Å². The van der Waals surface area contributed by atoms with E-state index in [0.29, 0.717) is 27.1 Å². The molecule has 1 amide bonds. The predicted molar refractivity (Wildman–Crippen MR) is 88.6 cm³/mol. The molecule has 5 nitrogen and oxygen atoms in total. The molecule has 0 spiro atoms. The summed E-state index contributed by atoms with van der Waals surface area (Å²) in [7, 11) is 0. The van der Waals surface area contributed by atoms with Crippen molar-refractivity contribution in [2.45, 2.75) is 6.10 Å². The topological polar surface area (TPSA) is 59.9 Å². The first-order chi connectivity index (χ1) is 11.1. The van der Waals surface area contributed by atoms with Crippen molar-refractivity contribution >= 4 is 35.3 Å². The highest BCUT2D eigenvalue weighted by Crippen LogP contribution is 2.30. The number of carbonyl (C=O) groups excluding carboxylic acids is 1. The number of hydrogen-bond acceptors (Lipinski definition) is 4. The molecule has 118 valence electrons. The number of para-hydroxylation sites is 2. The molecule has 0 unspecified atom stereocenters. The Balaban J connectivity index is 1.59. The Kier molecular flexibility index (Phi) is 4.69. The third-order valence-electron chi connectivity index (χ3n) is 3.13. The smallest absolute Gasteiger partial charge is 0.284 e. The highest BCUT2D eigenvalue weighted by atomic mass is 35.5. The maximum atomic E-state index is 12.0. The third-order valence-corrected chi connectivity index (χ3v) is 3.87. The Morgan fingerprint density at radius 1 is 1.17 bits per heavy atom. The van der Waals surface area contributed by atoms with Gasteiger partial charge in [-0.3, -0.25) is 4.79 Å². The molecule has 1 N–H and O–H groups in total. The summed E-state index contributed by atoms with van der Waals surface area (Å²) in [6.07, 6.45) is 0.716. The highest BCUT2D eigenvalue weighted by molar-refractivity contribution is 6.42. The second kappa shape index (κ2) is 6.89. The highest BCUT2D eigenvalue weighted by Gasteiger charge is 2.26. The molecule has 23 heavy (non-hydrogen) atoms. The van der Waals surface area contributed by atoms with Crippen LogP contribution >= 0.6 is 23.2 Å². The lowest BCUT2D eigenvalue weighted by atomic mass is 10.2. The zero-order valence-electron chi connectivity index (χ0n) is 11.8. The largest absolute Gasteiger partial charge is 0.485 e. The Morgan fingerprint density at radius 2 is 1.96 bits per heavy atom. The number of benzene rings is 2. The van der Waals surface area contributed by atoms with Gasteiger partial charge in [0.1, 0.15) is 6.61 Å². The molecular weight excluding hydrogens is 339 g/mol. The molecule has 0 aliphatic carbocycles. The number of nitrogens with zero attached hydrogens (tertiary/aromatic N) is 1. The van der Waals surface area contributed by atoms with Gasteiger partial charge in [0.25, 0.3) is 5.91 Å². The number of ether oxygens (including phenoxy) is 2. The summed E-state index contributed by atoms with van der Waals surface area (Å²) in [5, 5.41) is 4.76. The van der Waals surface area contributed by atoms with E-state index in [1.54, 1.807) is 30.3 Å². The van der Waals surface area contributed by atoms with Crippen molar-refractivity contribution in [2.24, 2.45) is 5.10 Å². The summed E-state index contributed by atoms with van der Waals surface area (Å²) in [5.74, 6) is 0.763. The summed E-state index contributed by atoms with van der Waals surface area (Å²) in [5.41, 5.74) is 3.13. The van der Waals surface area contributed by atoms with Crippen molar-refractivity contribution in [3.63, 3.8) is 0 Å². The molecule has 1 aliphatic rings. The van der Waals surface area contributed by atoms with Crippen molar-refractivity contribution in [1.29, 1.82) is 0 Å². The normalized spacial score (nSPS) is 16.3. The molecule has 0 aromatic heterocycles. The lowest BCUT2D eigenvalue weighted by Crippen LogP contribution is -2.42. The Bertz CT molecular complexity index is 765. The van der Waals surface area contributed by atoms with Crippen LogP contribution in [0.1, 0.15) is 5.56 Å². The minimum absolute atomic E-state index is 0.130. The number of nitrogens with one attached hydrogen (secondary N) is 1. The molecule has 0 fully saturated rings. The number of rotatable bonds is 3. The molecule has 0 saturated heterocycles. The first-order valence-corrected chi connectivity index (χ1v) is 7.55. The predicted octanol–water partition coefficient (Wildman–Crippen LogP) is 3.28. The van der Waals surface area contributed by atoms with Crippen molar-refractivity contribution in [3.8, 4) is 11.5 Å². The van der Waals surface area contributed by atoms with Gasteiger partial charge in [-0.1, -0.05) is 41.4 Å². The first-order valence-electron chi connectivity index (χ1n) is 6.80. The number of carbonyl (C=O) groups is 1. The van der Waals surface area contributed by atoms with E-state index in [4.69, 9.17) is 32.7 Å². The third kappa shape index (κ3) is 3.75. The van der Waals surface area contributed by atoms with E-state index in [9.17, 15) is 4.79 Å². The van der Waals surface area contributed by atoms with Crippen LogP contribution in [0.15, 0.2) is 47.6 Å². The van der Waals surface area contributed by atoms with Gasteiger partial charge in [-0.25, -0.2) is 5.43 Å². The molecule has 0 saturated carbocycles. The first kappa shape index (κ1) is 15.6. The van der Waals surface area contributed by atoms with Gasteiger partial charge in [-0.2, -0.15) is 5.10 Å². The standard InChI is InChI=1S/C16H12Cl2N2O3/c17-11-6-5-10(7-12(11)18)8-19-20-16(21)15-9-22-13-3-1-2-4-14(13)23-15/h1-8,15H,9H2,(H,20,21)/b19-8-/t15-/m0/s1. The van der Waals surface area contributed by atoms with Crippen LogP contribution in [0.2, 0.25) is 10.0 Å². The number of amides is 1. The monoisotopic (exact) mass is 350 g/mol. The number of hydrazone groups is 1. The maximum absolute atomic E-state index is 12.0. The van der Waals surface area contributed by atoms with E-state index in [1.165, 1.54) is 6.21 Å². The van der Waals surface area contributed by atoms with Crippen molar-refractivity contribution in [2.75, 3.05) is 6.61 Å². The van der Waals surface area contributed by atoms with E-state index >= 15 is 0 Å². The fraction of sp³-hybridized carbons (Fsp3) is 0.125. The van der Waals surface area contributed by atoms with Gasteiger partial charge >= 0.3 is 0 Å². The molecule has 0 bridgehead atoms. The van der Waals surface area contributed by atoms with Gasteiger partial charge in [-0.05, 0) is 29.8 Å². The molecule has 2 aromatic carbocycles. The van der Waals surface area contributed by atoms with E-state index in [2.05, 4.69) is 10.5 Å². The van der Waals surface area contributed by atoms with Crippen LogP contribution in [0.25, 0.3) is 0 Å². The van der Waals surface area contributed by atoms with Crippen LogP contribution in [0.4, 0.5) is 0 Å². The molecule has 1 aliphatic heterocycles. The van der Waals surface area contributed by atoms with Crippen molar-refractivity contribution in [3.05, 3.63) is 58.1 Å². The van der Waals surface area contributed by atoms with Gasteiger partial charge in [0.05, 0.1) is 16.3 Å². The summed E-state index contributed by atoms with van der Waals surface area (Å²) in [6, 6.07) is 12.2. The lowest BCUT2D eigenvalue weighted by molar-refractivity contribution is -0.130. The molecule has 2 aromatic rings. The summed E-state index contributed by atoms with van der Waals surface area (Å²) < 4.78 is 11.1. The zero-order chi connectivity index (χ0) is 16.2. The second-order valence-corrected chi connectivity index (χ2v) is 5.59. The van der Waals surface area contributed by atoms with Gasteiger partial charge in [0, 0.05) is 0 Å². The minimum Gasteiger partial charge on any atom is -0.485 e. The molecule has 0 radical (unpaired) electrons. The fourth-order valence-corrected chi connectivity index (χ4v) is 2.29. The van der Waals surface area contributed by atoms with E-state index in [-0.39, 0.29) is 6.61 Å². The quantitative estimate of drug-likeness (QED) is 0.682. The van der Waals surface area contributed by atoms with Gasteiger partial charge < -0.3 is 9.47 Å². The van der Waals surface area contributed by atoms with E-state index in [1.807, 2.05) is 12.1 Å². The average Bonchev–Trinajstić information content (AvgIpc) is 2.57. The lowest BCUT2D eigenvalue weighted by Gasteiger charge is -2.24. The molecule has 1 heterocycles. The zero-order valence-corrected chi connectivity index (χ0v) is 13.3. The van der Waals surface area contributed by atoms with Gasteiger partial charge in [0.15, 0.2) is 11.5 Å². The Hall–Kier alpha value is -2.24. The fourth-order valence-electron chi connectivity index (χ4n) is 1.98. The Morgan fingerprint density at radius 3 is 2.74 bits per heavy atom. The van der Waals surface area contributed by atoms with Gasteiger partial charge in [-0.15, -0.1) is 0 Å². The van der Waals surface area contributed by atoms with Crippen LogP contribution in [0, 0.1) is 0 Å². The summed E-state index contributed by atoms with van der Waals surface area (Å²) in [6.45, 7) is 0.130. The molecule has 1 atom stereocenters. The van der Waals surface area contributed by atoms with E-state index < -0.39 is 12.0 Å². The number of halogens is 2. The SMILES string of the molecule is O=C(N/N=C\c1ccc(Cl)c(Cl)c1)[C@@H]1COc2ccccc2O1. The molecule has 3 rings (SSSR count). The second-order valence-electron chi connectivity index (χ2n) is 4.77. The van der Waals surface area contributed by atoms with Crippen LogP contribution in [0.3, 0.4) is 0 Å². The average molecular weight is 351 g/mol. The van der Waals surface area contributed by atoms with E-state index in [0.717, 1.165) is 0 Å².